The summed E-state index contributed by atoms with van der Waals surface area (Å²) in [5, 5.41) is 0. The van der Waals surface area contributed by atoms with Crippen LogP contribution in [0.25, 0.3) is 5.57 Å². The molecule has 0 N–H and O–H groups in total. The molecule has 1 aliphatic heterocycles. The summed E-state index contributed by atoms with van der Waals surface area (Å²) in [4.78, 5) is 14.9. The van der Waals surface area contributed by atoms with Crippen LogP contribution in [0.1, 0.15) is 58.3 Å². The van der Waals surface area contributed by atoms with Gasteiger partial charge < -0.3 is 4.90 Å². The molecule has 5 rings (SSSR count). The smallest absolute Gasteiger partial charge is 0.162 e. The van der Waals surface area contributed by atoms with Crippen molar-refractivity contribution >= 4 is 11.4 Å². The van der Waals surface area contributed by atoms with E-state index in [0.29, 0.717) is 6.42 Å². The topological polar surface area (TPSA) is 20.3 Å². The highest BCUT2D eigenvalue weighted by molar-refractivity contribution is 5.95. The largest absolute Gasteiger partial charge is 0.303 e. The van der Waals surface area contributed by atoms with Crippen molar-refractivity contribution in [2.45, 2.75) is 38.5 Å². The summed E-state index contributed by atoms with van der Waals surface area (Å²) in [6.07, 6.45) is 6.03. The number of piperidine rings is 1. The van der Waals surface area contributed by atoms with Gasteiger partial charge in [0.25, 0.3) is 0 Å². The zero-order valence-electron chi connectivity index (χ0n) is 18.7. The Kier molecular flexibility index (Phi) is 6.31. The van der Waals surface area contributed by atoms with Crippen molar-refractivity contribution in [3.05, 3.63) is 112 Å². The van der Waals surface area contributed by atoms with E-state index in [0.717, 1.165) is 57.3 Å². The molecule has 0 bridgehead atoms. The van der Waals surface area contributed by atoms with E-state index < -0.39 is 0 Å². The molecule has 1 saturated heterocycles. The maximum atomic E-state index is 12.4. The maximum absolute atomic E-state index is 12.4. The maximum Gasteiger partial charge on any atom is 0.162 e. The number of ketones is 1. The molecular weight excluding hydrogens is 390 g/mol. The lowest BCUT2D eigenvalue weighted by Crippen LogP contribution is -2.32. The van der Waals surface area contributed by atoms with Gasteiger partial charge in [-0.3, -0.25) is 4.79 Å². The number of carbonyl (C=O) groups excluding carboxylic acids is 1. The van der Waals surface area contributed by atoms with Gasteiger partial charge in [-0.2, -0.15) is 0 Å². The molecule has 1 heterocycles. The number of carbonyl (C=O) groups is 1. The average Bonchev–Trinajstić information content (AvgIpc) is 3.02. The SMILES string of the molecule is O=C(CCCN1CCC(=C2c3ccccc3CCc3ccccc32)CC1)c1ccccc1. The number of nitrogens with zero attached hydrogens (tertiary/aromatic N) is 1. The third kappa shape index (κ3) is 4.47. The fraction of sp³-hybridized carbons (Fsp3) is 0.300. The van der Waals surface area contributed by atoms with E-state index in [1.54, 1.807) is 5.57 Å². The van der Waals surface area contributed by atoms with E-state index in [2.05, 4.69) is 53.4 Å². The molecular formula is C30H31NO. The van der Waals surface area contributed by atoms with Gasteiger partial charge in [-0.05, 0) is 66.5 Å². The van der Waals surface area contributed by atoms with Gasteiger partial charge >= 0.3 is 0 Å². The number of Topliss-reactive ketones (excluding diaryl/α,β-unsaturated/α-hetero) is 1. The molecule has 32 heavy (non-hydrogen) atoms. The second-order valence-electron chi connectivity index (χ2n) is 9.03. The van der Waals surface area contributed by atoms with Crippen LogP contribution in [0.3, 0.4) is 0 Å². The summed E-state index contributed by atoms with van der Waals surface area (Å²) in [5.41, 5.74) is 9.77. The molecule has 0 radical (unpaired) electrons. The number of hydrogen-bond acceptors (Lipinski definition) is 2. The molecule has 0 aromatic heterocycles. The molecule has 0 amide bonds. The van der Waals surface area contributed by atoms with Crippen molar-refractivity contribution in [1.82, 2.24) is 4.90 Å². The summed E-state index contributed by atoms with van der Waals surface area (Å²) in [5.74, 6) is 0.261. The van der Waals surface area contributed by atoms with Gasteiger partial charge in [-0.1, -0.05) is 84.4 Å². The molecule has 0 spiro atoms. The number of fused-ring (bicyclic) bond motifs is 2. The van der Waals surface area contributed by atoms with E-state index in [9.17, 15) is 4.79 Å². The normalized spacial score (nSPS) is 16.2. The number of benzene rings is 3. The molecule has 1 fully saturated rings. The van der Waals surface area contributed by atoms with Gasteiger partial charge in [0.2, 0.25) is 0 Å². The lowest BCUT2D eigenvalue weighted by Gasteiger charge is -2.30. The Morgan fingerprint density at radius 3 is 1.88 bits per heavy atom. The first-order valence-electron chi connectivity index (χ1n) is 12.0. The minimum absolute atomic E-state index is 0.261. The predicted octanol–water partition coefficient (Wildman–Crippen LogP) is 6.35. The number of aryl methyl sites for hydroxylation is 2. The van der Waals surface area contributed by atoms with Crippen LogP contribution in [0.4, 0.5) is 0 Å². The van der Waals surface area contributed by atoms with Crippen LogP contribution in [0.15, 0.2) is 84.4 Å². The minimum atomic E-state index is 0.261. The molecule has 2 heteroatoms. The number of hydrogen-bond donors (Lipinski definition) is 0. The van der Waals surface area contributed by atoms with E-state index >= 15 is 0 Å². The highest BCUT2D eigenvalue weighted by Gasteiger charge is 2.23. The van der Waals surface area contributed by atoms with Crippen molar-refractivity contribution in [3.63, 3.8) is 0 Å². The van der Waals surface area contributed by atoms with Crippen molar-refractivity contribution in [2.75, 3.05) is 19.6 Å². The molecule has 0 unspecified atom stereocenters. The Bertz CT molecular complexity index is 1070. The van der Waals surface area contributed by atoms with Gasteiger partial charge in [0.1, 0.15) is 0 Å². The molecule has 1 aliphatic carbocycles. The zero-order chi connectivity index (χ0) is 21.8. The standard InChI is InChI=1S/C30H31NO/c32-29(25-11-2-1-3-12-25)15-8-20-31-21-18-26(19-22-31)30-27-13-6-4-9-23(27)16-17-24-10-5-7-14-28(24)30/h1-7,9-14H,8,15-22H2. The van der Waals surface area contributed by atoms with E-state index in [4.69, 9.17) is 0 Å². The van der Waals surface area contributed by atoms with Crippen LogP contribution in [0, 0.1) is 0 Å². The first-order chi connectivity index (χ1) is 15.8. The quantitative estimate of drug-likeness (QED) is 0.448. The van der Waals surface area contributed by atoms with E-state index in [1.165, 1.54) is 27.8 Å². The Labute approximate surface area is 191 Å². The minimum Gasteiger partial charge on any atom is -0.303 e. The Hall–Kier alpha value is -2.97. The molecule has 0 saturated carbocycles. The predicted molar refractivity (Wildman–Crippen MR) is 132 cm³/mol. The number of rotatable bonds is 5. The summed E-state index contributed by atoms with van der Waals surface area (Å²) >= 11 is 0. The molecule has 2 aliphatic rings. The fourth-order valence-corrected chi connectivity index (χ4v) is 5.29. The van der Waals surface area contributed by atoms with Gasteiger partial charge in [0, 0.05) is 25.1 Å². The van der Waals surface area contributed by atoms with Crippen molar-refractivity contribution in [1.29, 1.82) is 0 Å². The summed E-state index contributed by atoms with van der Waals surface area (Å²) in [6, 6.07) is 27.7. The van der Waals surface area contributed by atoms with Gasteiger partial charge in [0.05, 0.1) is 0 Å². The second kappa shape index (κ2) is 9.67. The van der Waals surface area contributed by atoms with Crippen LogP contribution in [0.2, 0.25) is 0 Å². The first kappa shape index (κ1) is 20.9. The Morgan fingerprint density at radius 1 is 0.688 bits per heavy atom. The van der Waals surface area contributed by atoms with E-state index in [-0.39, 0.29) is 5.78 Å². The Morgan fingerprint density at radius 2 is 1.25 bits per heavy atom. The van der Waals surface area contributed by atoms with Gasteiger partial charge in [-0.25, -0.2) is 0 Å². The summed E-state index contributed by atoms with van der Waals surface area (Å²) < 4.78 is 0. The Balaban J connectivity index is 1.28. The molecule has 3 aromatic carbocycles. The third-order valence-electron chi connectivity index (χ3n) is 7.02. The highest BCUT2D eigenvalue weighted by atomic mass is 16.1. The van der Waals surface area contributed by atoms with Crippen LogP contribution >= 0.6 is 0 Å². The summed E-state index contributed by atoms with van der Waals surface area (Å²) in [6.45, 7) is 3.18. The van der Waals surface area contributed by atoms with Crippen LogP contribution in [-0.4, -0.2) is 30.3 Å². The summed E-state index contributed by atoms with van der Waals surface area (Å²) in [7, 11) is 0. The van der Waals surface area contributed by atoms with Gasteiger partial charge in [0.15, 0.2) is 5.78 Å². The molecule has 162 valence electrons. The fourth-order valence-electron chi connectivity index (χ4n) is 5.29. The van der Waals surface area contributed by atoms with Crippen LogP contribution < -0.4 is 0 Å². The van der Waals surface area contributed by atoms with E-state index in [1.807, 2.05) is 30.3 Å². The lowest BCUT2D eigenvalue weighted by atomic mass is 9.86. The third-order valence-corrected chi connectivity index (χ3v) is 7.02. The second-order valence-corrected chi connectivity index (χ2v) is 9.03. The van der Waals surface area contributed by atoms with Crippen molar-refractivity contribution < 1.29 is 4.79 Å². The average molecular weight is 422 g/mol. The van der Waals surface area contributed by atoms with Crippen molar-refractivity contribution in [3.8, 4) is 0 Å². The van der Waals surface area contributed by atoms with Gasteiger partial charge in [-0.15, -0.1) is 0 Å². The molecule has 0 atom stereocenters. The first-order valence-corrected chi connectivity index (χ1v) is 12.0. The lowest BCUT2D eigenvalue weighted by molar-refractivity contribution is 0.0974. The van der Waals surface area contributed by atoms with Crippen LogP contribution in [-0.2, 0) is 12.8 Å². The molecule has 3 aromatic rings. The van der Waals surface area contributed by atoms with Crippen molar-refractivity contribution in [2.24, 2.45) is 0 Å². The number of likely N-dealkylation sites (tertiary alicyclic amines) is 1. The molecule has 2 nitrogen and oxygen atoms in total. The monoisotopic (exact) mass is 421 g/mol. The zero-order valence-corrected chi connectivity index (χ0v) is 18.7. The van der Waals surface area contributed by atoms with Crippen LogP contribution in [0.5, 0.6) is 0 Å². The highest BCUT2D eigenvalue weighted by Crippen LogP contribution is 2.38.